The lowest BCUT2D eigenvalue weighted by Gasteiger charge is -2.28. The molecular weight excluding hydrogens is 911 g/mol. The second-order valence-corrected chi connectivity index (χ2v) is 16.7. The summed E-state index contributed by atoms with van der Waals surface area (Å²) in [5, 5.41) is 100. The van der Waals surface area contributed by atoms with Gasteiger partial charge in [0.1, 0.15) is 96.5 Å². The van der Waals surface area contributed by atoms with Crippen molar-refractivity contribution in [3.05, 3.63) is 108 Å². The Hall–Kier alpha value is -7.45. The van der Waals surface area contributed by atoms with Crippen LogP contribution in [0.1, 0.15) is 42.9 Å². The van der Waals surface area contributed by atoms with Gasteiger partial charge in [-0.15, -0.1) is 0 Å². The summed E-state index contributed by atoms with van der Waals surface area (Å²) in [6, 6.07) is 25.9. The maximum absolute atomic E-state index is 10.3. The SMILES string of the molecule is CC[C@H]1OC(C#N)(c2ccc3c(N)ncnn23)[C@H](OCc2ccccc2)[C@@H]1C.N#C[C@@]1(c2ccc3c(N)ncnn23)O[C@H](CO)[C@@H](O)[C@H]1O.N#C[C@]1(c2ccc3c(N)ncnn23)O[C@H](CO)[C@@H](O)[C@H]1O. The Morgan fingerprint density at radius 3 is 1.34 bits per heavy atom. The Balaban J connectivity index is 0.000000143. The van der Waals surface area contributed by atoms with Crippen molar-refractivity contribution in [3.8, 4) is 18.2 Å². The van der Waals surface area contributed by atoms with Gasteiger partial charge in [-0.25, -0.2) is 28.5 Å². The summed E-state index contributed by atoms with van der Waals surface area (Å²) in [6.07, 6.45) is -3.93. The van der Waals surface area contributed by atoms with Crippen LogP contribution in [0.4, 0.5) is 17.5 Å². The molecule has 9 heterocycles. The Bertz CT molecular complexity index is 2990. The van der Waals surface area contributed by atoms with Crippen LogP contribution in [0.25, 0.3) is 16.6 Å². The maximum atomic E-state index is 10.3. The molecule has 3 aliphatic rings. The molecule has 3 fully saturated rings. The van der Waals surface area contributed by atoms with E-state index >= 15 is 0 Å². The zero-order valence-corrected chi connectivity index (χ0v) is 37.5. The average molecular weight is 960 g/mol. The molecule has 12 atom stereocenters. The van der Waals surface area contributed by atoms with E-state index in [0.29, 0.717) is 34.7 Å². The second-order valence-electron chi connectivity index (χ2n) is 16.7. The number of aliphatic hydroxyl groups is 6. The number of fused-ring (bicyclic) bond motifs is 3. The highest BCUT2D eigenvalue weighted by Crippen LogP contribution is 2.46. The summed E-state index contributed by atoms with van der Waals surface area (Å²) >= 11 is 0. The molecule has 0 radical (unpaired) electrons. The summed E-state index contributed by atoms with van der Waals surface area (Å²) in [7, 11) is 0. The van der Waals surface area contributed by atoms with E-state index in [4.69, 9.17) is 36.1 Å². The van der Waals surface area contributed by atoms with Crippen LogP contribution >= 0.6 is 0 Å². The first kappa shape index (κ1) is 49.0. The molecule has 25 nitrogen and oxygen atoms in total. The first-order chi connectivity index (χ1) is 33.7. The van der Waals surface area contributed by atoms with Gasteiger partial charge in [0.2, 0.25) is 16.8 Å². The summed E-state index contributed by atoms with van der Waals surface area (Å²) in [5.74, 6) is 0.805. The molecular formula is C45H49N15O10. The van der Waals surface area contributed by atoms with Crippen LogP contribution in [-0.2, 0) is 42.4 Å². The highest BCUT2D eigenvalue weighted by Gasteiger charge is 2.59. The number of anilines is 3. The molecule has 0 spiro atoms. The molecule has 0 aliphatic carbocycles. The topological polar surface area (TPSA) is 398 Å². The summed E-state index contributed by atoms with van der Waals surface area (Å²) in [6.45, 7) is 3.48. The third kappa shape index (κ3) is 7.93. The lowest BCUT2D eigenvalue weighted by Crippen LogP contribution is -2.40. The standard InChI is InChI=1S/C21H23N5O2.2C12H13N5O4/c1-3-17-14(2)19(27-11-15-7-5-4-6-8-15)21(12-22,28-17)18-10-9-16-20(23)24-13-25-26(16)18;2*13-4-12(10(20)9(19)7(3-18)21-12)8-2-1-6-11(14)15-5-16-17(6)8/h4-10,13-14,17,19H,3,11H2,1-2H3,(H2,23,24,25);2*1-2,5,7,9-10,18-20H,3H2,(H2,14,15,16)/t14-,17-,19-,21?;7-,9-,10-,12+;7-,9-,10-,12-/m111/s1. The van der Waals surface area contributed by atoms with Crippen LogP contribution < -0.4 is 17.2 Å². The third-order valence-corrected chi connectivity index (χ3v) is 12.8. The normalized spacial score (nSPS) is 30.3. The van der Waals surface area contributed by atoms with Crippen molar-refractivity contribution >= 4 is 34.0 Å². The predicted molar refractivity (Wildman–Crippen MR) is 241 cm³/mol. The van der Waals surface area contributed by atoms with Crippen molar-refractivity contribution in [2.75, 3.05) is 30.4 Å². The van der Waals surface area contributed by atoms with E-state index in [1.54, 1.807) is 16.6 Å². The molecule has 7 aromatic rings. The second kappa shape index (κ2) is 19.5. The highest BCUT2D eigenvalue weighted by atomic mass is 16.6. The van der Waals surface area contributed by atoms with Gasteiger partial charge in [0, 0.05) is 5.92 Å². The van der Waals surface area contributed by atoms with Gasteiger partial charge < -0.3 is 66.8 Å². The van der Waals surface area contributed by atoms with Crippen LogP contribution in [0, 0.1) is 39.9 Å². The predicted octanol–water partition coefficient (Wildman–Crippen LogP) is -0.653. The first-order valence-corrected chi connectivity index (χ1v) is 21.8. The number of nitriles is 3. The molecule has 10 rings (SSSR count). The van der Waals surface area contributed by atoms with Gasteiger partial charge in [0.05, 0.1) is 43.0 Å². The maximum Gasteiger partial charge on any atom is 0.225 e. The lowest BCUT2D eigenvalue weighted by molar-refractivity contribution is -0.0817. The van der Waals surface area contributed by atoms with Crippen molar-refractivity contribution in [2.45, 2.75) is 92.5 Å². The number of nitrogen functional groups attached to an aromatic ring is 3. The minimum atomic E-state index is -1.85. The van der Waals surface area contributed by atoms with Crippen LogP contribution in [-0.4, -0.2) is 136 Å². The molecule has 0 amide bonds. The zero-order valence-electron chi connectivity index (χ0n) is 37.5. The fraction of sp³-hybridized carbons (Fsp3) is 0.400. The number of benzene rings is 1. The monoisotopic (exact) mass is 959 g/mol. The smallest absolute Gasteiger partial charge is 0.225 e. The van der Waals surface area contributed by atoms with Gasteiger partial charge in [-0.2, -0.15) is 31.1 Å². The van der Waals surface area contributed by atoms with Crippen LogP contribution in [0.2, 0.25) is 0 Å². The molecule has 70 heavy (non-hydrogen) atoms. The van der Waals surface area contributed by atoms with Crippen molar-refractivity contribution in [1.29, 1.82) is 15.8 Å². The molecule has 12 N–H and O–H groups in total. The Morgan fingerprint density at radius 1 is 0.600 bits per heavy atom. The van der Waals surface area contributed by atoms with Gasteiger partial charge in [-0.3, -0.25) is 0 Å². The van der Waals surface area contributed by atoms with Crippen LogP contribution in [0.15, 0.2) is 85.7 Å². The van der Waals surface area contributed by atoms with Crippen LogP contribution in [0.5, 0.6) is 0 Å². The van der Waals surface area contributed by atoms with E-state index < -0.39 is 72.7 Å². The molecule has 6 aromatic heterocycles. The van der Waals surface area contributed by atoms with Crippen molar-refractivity contribution in [3.63, 3.8) is 0 Å². The van der Waals surface area contributed by atoms with Gasteiger partial charge in [-0.1, -0.05) is 44.2 Å². The largest absolute Gasteiger partial charge is 0.394 e. The molecule has 1 aromatic carbocycles. The van der Waals surface area contributed by atoms with Crippen LogP contribution in [0.3, 0.4) is 0 Å². The molecule has 3 aliphatic heterocycles. The van der Waals surface area contributed by atoms with Gasteiger partial charge in [0.25, 0.3) is 0 Å². The number of nitrogens with zero attached hydrogens (tertiary/aromatic N) is 12. The number of ether oxygens (including phenoxy) is 4. The quantitative estimate of drug-likeness (QED) is 0.0867. The number of rotatable bonds is 9. The lowest BCUT2D eigenvalue weighted by atomic mass is 9.87. The highest BCUT2D eigenvalue weighted by molar-refractivity contribution is 5.67. The zero-order chi connectivity index (χ0) is 50.1. The summed E-state index contributed by atoms with van der Waals surface area (Å²) in [4.78, 5) is 11.7. The number of hydrogen-bond acceptors (Lipinski definition) is 22. The minimum absolute atomic E-state index is 0.0399. The first-order valence-electron chi connectivity index (χ1n) is 21.8. The van der Waals surface area contributed by atoms with E-state index in [1.165, 1.54) is 40.1 Å². The molecule has 3 saturated heterocycles. The van der Waals surface area contributed by atoms with Gasteiger partial charge in [0.15, 0.2) is 17.5 Å². The van der Waals surface area contributed by atoms with Crippen molar-refractivity contribution in [2.24, 2.45) is 5.92 Å². The van der Waals surface area contributed by atoms with E-state index in [-0.39, 0.29) is 35.0 Å². The number of hydrogen-bond donors (Lipinski definition) is 9. The molecule has 364 valence electrons. The van der Waals surface area contributed by atoms with Gasteiger partial charge in [-0.05, 0) is 48.4 Å². The number of aromatic nitrogens is 9. The fourth-order valence-electron chi connectivity index (χ4n) is 9.18. The van der Waals surface area contributed by atoms with Crippen molar-refractivity contribution in [1.82, 2.24) is 43.8 Å². The molecule has 0 saturated carbocycles. The Labute approximate surface area is 397 Å². The van der Waals surface area contributed by atoms with E-state index in [9.17, 15) is 46.4 Å². The molecule has 1 unspecified atom stereocenters. The minimum Gasteiger partial charge on any atom is -0.394 e. The number of nitrogens with two attached hydrogens (primary N) is 3. The van der Waals surface area contributed by atoms with E-state index in [1.807, 2.05) is 54.6 Å². The molecule has 0 bridgehead atoms. The van der Waals surface area contributed by atoms with E-state index in [0.717, 1.165) is 12.0 Å². The Kier molecular flexibility index (Phi) is 13.7. The third-order valence-electron chi connectivity index (χ3n) is 12.8. The fourth-order valence-corrected chi connectivity index (χ4v) is 9.18. The number of aliphatic hydroxyl groups excluding tert-OH is 6. The average Bonchev–Trinajstić information content (AvgIpc) is 4.24. The summed E-state index contributed by atoms with van der Waals surface area (Å²) in [5.41, 5.74) is 16.1. The Morgan fingerprint density at radius 2 is 0.986 bits per heavy atom. The summed E-state index contributed by atoms with van der Waals surface area (Å²) < 4.78 is 27.8. The van der Waals surface area contributed by atoms with Crippen molar-refractivity contribution < 1.29 is 49.6 Å². The molecule has 25 heteroatoms. The van der Waals surface area contributed by atoms with E-state index in [2.05, 4.69) is 50.2 Å². The van der Waals surface area contributed by atoms with Gasteiger partial charge >= 0.3 is 0 Å².